The first-order valence-electron chi connectivity index (χ1n) is 5.09. The average Bonchev–Trinajstić information content (AvgIpc) is 2.64. The average molecular weight is 242 g/mol. The van der Waals surface area contributed by atoms with E-state index in [-0.39, 0.29) is 24.5 Å². The Kier molecular flexibility index (Phi) is 4.15. The van der Waals surface area contributed by atoms with Gasteiger partial charge in [-0.2, -0.15) is 0 Å². The molecule has 1 aliphatic heterocycles. The van der Waals surface area contributed by atoms with Crippen LogP contribution in [0.25, 0.3) is 0 Å². The van der Waals surface area contributed by atoms with Crippen LogP contribution in [0.5, 0.6) is 0 Å². The van der Waals surface area contributed by atoms with E-state index in [9.17, 15) is 4.79 Å². The minimum atomic E-state index is -0.0307. The van der Waals surface area contributed by atoms with Gasteiger partial charge in [0.25, 0.3) is 0 Å². The fraction of sp³-hybridized carbons (Fsp3) is 0.364. The van der Waals surface area contributed by atoms with Gasteiger partial charge >= 0.3 is 6.03 Å². The molecule has 4 nitrogen and oxygen atoms in total. The molecular weight excluding hydrogens is 226 g/mol. The highest BCUT2D eigenvalue weighted by Crippen LogP contribution is 2.20. The number of halogens is 1. The van der Waals surface area contributed by atoms with Crippen LogP contribution in [0.2, 0.25) is 0 Å². The molecular formula is C11H16ClN3O. The number of benzene rings is 1. The lowest BCUT2D eigenvalue weighted by Crippen LogP contribution is -2.27. The van der Waals surface area contributed by atoms with Crippen molar-refractivity contribution < 1.29 is 4.79 Å². The van der Waals surface area contributed by atoms with E-state index in [0.717, 1.165) is 17.8 Å². The maximum Gasteiger partial charge on any atom is 0.321 e. The van der Waals surface area contributed by atoms with Crippen LogP contribution in [0.15, 0.2) is 24.3 Å². The van der Waals surface area contributed by atoms with Crippen LogP contribution in [-0.4, -0.2) is 19.1 Å². The van der Waals surface area contributed by atoms with Crippen molar-refractivity contribution in [2.75, 3.05) is 18.0 Å². The number of carbonyl (C=O) groups is 1. The molecule has 0 bridgehead atoms. The zero-order valence-corrected chi connectivity index (χ0v) is 9.96. The number of carbonyl (C=O) groups excluding carboxylic acids is 1. The summed E-state index contributed by atoms with van der Waals surface area (Å²) in [6.45, 7) is 3.37. The Morgan fingerprint density at radius 3 is 2.81 bits per heavy atom. The summed E-state index contributed by atoms with van der Waals surface area (Å²) in [5, 5.41) is 2.77. The first-order valence-corrected chi connectivity index (χ1v) is 5.09. The number of anilines is 1. The second-order valence-corrected chi connectivity index (χ2v) is 3.77. The van der Waals surface area contributed by atoms with Gasteiger partial charge in [0.05, 0.1) is 0 Å². The molecule has 16 heavy (non-hydrogen) atoms. The van der Waals surface area contributed by atoms with Crippen molar-refractivity contribution in [1.29, 1.82) is 0 Å². The molecule has 1 heterocycles. The van der Waals surface area contributed by atoms with Crippen LogP contribution < -0.4 is 16.0 Å². The highest BCUT2D eigenvalue weighted by Gasteiger charge is 2.21. The molecule has 0 saturated carbocycles. The monoisotopic (exact) mass is 241 g/mol. The Balaban J connectivity index is 0.00000128. The zero-order valence-electron chi connectivity index (χ0n) is 9.14. The van der Waals surface area contributed by atoms with Crippen LogP contribution in [-0.2, 0) is 0 Å². The summed E-state index contributed by atoms with van der Waals surface area (Å²) in [5.41, 5.74) is 7.76. The van der Waals surface area contributed by atoms with E-state index in [1.54, 1.807) is 4.90 Å². The molecule has 1 aromatic rings. The summed E-state index contributed by atoms with van der Waals surface area (Å²) in [4.78, 5) is 13.2. The molecule has 0 spiro atoms. The molecule has 1 aromatic carbocycles. The van der Waals surface area contributed by atoms with E-state index >= 15 is 0 Å². The van der Waals surface area contributed by atoms with Crippen molar-refractivity contribution in [2.45, 2.75) is 13.0 Å². The van der Waals surface area contributed by atoms with Crippen LogP contribution in [0.3, 0.4) is 0 Å². The van der Waals surface area contributed by atoms with Crippen molar-refractivity contribution in [3.8, 4) is 0 Å². The van der Waals surface area contributed by atoms with Gasteiger partial charge in [-0.05, 0) is 24.6 Å². The number of nitrogens with two attached hydrogens (primary N) is 1. The van der Waals surface area contributed by atoms with E-state index in [0.29, 0.717) is 6.54 Å². The van der Waals surface area contributed by atoms with Crippen LogP contribution in [0.4, 0.5) is 10.5 Å². The summed E-state index contributed by atoms with van der Waals surface area (Å²) in [6, 6.07) is 7.76. The summed E-state index contributed by atoms with van der Waals surface area (Å²) >= 11 is 0. The molecule has 0 aliphatic carbocycles. The Morgan fingerprint density at radius 2 is 2.25 bits per heavy atom. The quantitative estimate of drug-likeness (QED) is 0.827. The molecule has 0 aromatic heterocycles. The number of nitrogens with zero attached hydrogens (tertiary/aromatic N) is 1. The van der Waals surface area contributed by atoms with Crippen LogP contribution in [0, 0.1) is 0 Å². The summed E-state index contributed by atoms with van der Waals surface area (Å²) < 4.78 is 0. The van der Waals surface area contributed by atoms with Crippen molar-refractivity contribution in [3.05, 3.63) is 29.8 Å². The van der Waals surface area contributed by atoms with Gasteiger partial charge in [0, 0.05) is 24.8 Å². The van der Waals surface area contributed by atoms with Gasteiger partial charge in [-0.15, -0.1) is 12.4 Å². The molecule has 2 amide bonds. The lowest BCUT2D eigenvalue weighted by Gasteiger charge is -2.16. The Morgan fingerprint density at radius 1 is 1.50 bits per heavy atom. The molecule has 5 heteroatoms. The largest absolute Gasteiger partial charge is 0.336 e. The van der Waals surface area contributed by atoms with Crippen molar-refractivity contribution in [3.63, 3.8) is 0 Å². The van der Waals surface area contributed by atoms with Gasteiger partial charge in [-0.1, -0.05) is 12.1 Å². The molecule has 3 N–H and O–H groups in total. The molecule has 1 unspecified atom stereocenters. The van der Waals surface area contributed by atoms with E-state index in [1.807, 2.05) is 31.2 Å². The Labute approximate surface area is 101 Å². The fourth-order valence-corrected chi connectivity index (χ4v) is 1.69. The van der Waals surface area contributed by atoms with Crippen molar-refractivity contribution in [1.82, 2.24) is 5.32 Å². The normalized spacial score (nSPS) is 16.6. The third-order valence-electron chi connectivity index (χ3n) is 2.56. The third kappa shape index (κ3) is 2.46. The SMILES string of the molecule is CC(N)c1cccc(N2CCNC2=O)c1.Cl. The lowest BCUT2D eigenvalue weighted by atomic mass is 10.1. The zero-order chi connectivity index (χ0) is 10.8. The maximum atomic E-state index is 11.4. The number of urea groups is 1. The van der Waals surface area contributed by atoms with Gasteiger partial charge in [0.2, 0.25) is 0 Å². The highest BCUT2D eigenvalue weighted by molar-refractivity contribution is 5.94. The number of amides is 2. The number of hydrogen-bond acceptors (Lipinski definition) is 2. The van der Waals surface area contributed by atoms with E-state index in [4.69, 9.17) is 5.73 Å². The van der Waals surface area contributed by atoms with Crippen molar-refractivity contribution >= 4 is 24.1 Å². The first kappa shape index (κ1) is 12.8. The second kappa shape index (κ2) is 5.18. The smallest absolute Gasteiger partial charge is 0.321 e. The van der Waals surface area contributed by atoms with E-state index in [1.165, 1.54) is 0 Å². The molecule has 2 rings (SSSR count). The number of hydrogen-bond donors (Lipinski definition) is 2. The lowest BCUT2D eigenvalue weighted by molar-refractivity contribution is 0.252. The highest BCUT2D eigenvalue weighted by atomic mass is 35.5. The van der Waals surface area contributed by atoms with Crippen LogP contribution >= 0.6 is 12.4 Å². The predicted molar refractivity (Wildman–Crippen MR) is 67.0 cm³/mol. The topological polar surface area (TPSA) is 58.4 Å². The molecule has 1 fully saturated rings. The van der Waals surface area contributed by atoms with Gasteiger partial charge in [0.15, 0.2) is 0 Å². The van der Waals surface area contributed by atoms with Crippen LogP contribution in [0.1, 0.15) is 18.5 Å². The number of nitrogens with one attached hydrogen (secondary N) is 1. The molecule has 1 atom stereocenters. The minimum Gasteiger partial charge on any atom is -0.336 e. The standard InChI is InChI=1S/C11H15N3O.ClH/c1-8(12)9-3-2-4-10(7-9)14-6-5-13-11(14)15;/h2-4,7-8H,5-6,12H2,1H3,(H,13,15);1H. The fourth-order valence-electron chi connectivity index (χ4n) is 1.69. The summed E-state index contributed by atoms with van der Waals surface area (Å²) in [5.74, 6) is 0. The number of rotatable bonds is 2. The second-order valence-electron chi connectivity index (χ2n) is 3.77. The van der Waals surface area contributed by atoms with E-state index < -0.39 is 0 Å². The molecule has 88 valence electrons. The molecule has 0 radical (unpaired) electrons. The first-order chi connectivity index (χ1) is 7.18. The molecule has 1 aliphatic rings. The van der Waals surface area contributed by atoms with Gasteiger partial charge in [0.1, 0.15) is 0 Å². The maximum absolute atomic E-state index is 11.4. The molecule has 1 saturated heterocycles. The van der Waals surface area contributed by atoms with E-state index in [2.05, 4.69) is 5.32 Å². The van der Waals surface area contributed by atoms with Gasteiger partial charge in [-0.3, -0.25) is 4.90 Å². The predicted octanol–water partition coefficient (Wildman–Crippen LogP) is 1.66. The summed E-state index contributed by atoms with van der Waals surface area (Å²) in [7, 11) is 0. The van der Waals surface area contributed by atoms with Crippen molar-refractivity contribution in [2.24, 2.45) is 5.73 Å². The minimum absolute atomic E-state index is 0. The Hall–Kier alpha value is -1.26. The van der Waals surface area contributed by atoms with Gasteiger partial charge in [-0.25, -0.2) is 4.79 Å². The summed E-state index contributed by atoms with van der Waals surface area (Å²) in [6.07, 6.45) is 0. The third-order valence-corrected chi connectivity index (χ3v) is 2.56. The Bertz CT molecular complexity index is 381. The van der Waals surface area contributed by atoms with Gasteiger partial charge < -0.3 is 11.1 Å².